The number of halogens is 1. The molecule has 0 unspecified atom stereocenters. The lowest BCUT2D eigenvalue weighted by Gasteiger charge is -2.04. The van der Waals surface area contributed by atoms with Crippen LogP contribution >= 0.6 is 0 Å². The largest absolute Gasteiger partial charge is 0.451 e. The standard InChI is InChI=1S/C16H19FN2O2/c1-2-9-18-10-11-19-16(20)15-8-7-14(21-15)12-3-5-13(17)6-4-12/h3-8,18H,2,9-11H2,1H3,(H,19,20). The molecule has 1 aromatic heterocycles. The second-order valence-electron chi connectivity index (χ2n) is 4.68. The molecule has 1 amide bonds. The predicted molar refractivity (Wildman–Crippen MR) is 79.6 cm³/mol. The van der Waals surface area contributed by atoms with Crippen molar-refractivity contribution in [2.75, 3.05) is 19.6 Å². The van der Waals surface area contributed by atoms with Crippen LogP contribution < -0.4 is 10.6 Å². The maximum absolute atomic E-state index is 12.9. The van der Waals surface area contributed by atoms with Crippen LogP contribution in [0.2, 0.25) is 0 Å². The highest BCUT2D eigenvalue weighted by atomic mass is 19.1. The summed E-state index contributed by atoms with van der Waals surface area (Å²) in [4.78, 5) is 11.9. The average Bonchev–Trinajstić information content (AvgIpc) is 2.97. The van der Waals surface area contributed by atoms with E-state index in [0.717, 1.165) is 25.1 Å². The van der Waals surface area contributed by atoms with Gasteiger partial charge in [0.25, 0.3) is 5.91 Å². The Bertz CT molecular complexity index is 578. The summed E-state index contributed by atoms with van der Waals surface area (Å²) in [5.41, 5.74) is 0.736. The van der Waals surface area contributed by atoms with E-state index >= 15 is 0 Å². The number of rotatable bonds is 7. The molecule has 0 fully saturated rings. The van der Waals surface area contributed by atoms with Crippen molar-refractivity contribution in [2.45, 2.75) is 13.3 Å². The van der Waals surface area contributed by atoms with Crippen molar-refractivity contribution in [3.63, 3.8) is 0 Å². The maximum atomic E-state index is 12.9. The molecule has 112 valence electrons. The molecule has 0 saturated heterocycles. The van der Waals surface area contributed by atoms with Crippen molar-refractivity contribution in [3.8, 4) is 11.3 Å². The zero-order valence-electron chi connectivity index (χ0n) is 12.0. The Morgan fingerprint density at radius 1 is 1.10 bits per heavy atom. The van der Waals surface area contributed by atoms with Gasteiger partial charge in [0.1, 0.15) is 11.6 Å². The van der Waals surface area contributed by atoms with Gasteiger partial charge in [-0.25, -0.2) is 4.39 Å². The van der Waals surface area contributed by atoms with E-state index in [1.165, 1.54) is 12.1 Å². The summed E-state index contributed by atoms with van der Waals surface area (Å²) in [7, 11) is 0. The average molecular weight is 290 g/mol. The Hall–Kier alpha value is -2.14. The monoisotopic (exact) mass is 290 g/mol. The number of hydrogen-bond acceptors (Lipinski definition) is 3. The van der Waals surface area contributed by atoms with E-state index in [2.05, 4.69) is 17.6 Å². The molecule has 1 aromatic carbocycles. The van der Waals surface area contributed by atoms with Crippen molar-refractivity contribution in [3.05, 3.63) is 48.0 Å². The van der Waals surface area contributed by atoms with Crippen LogP contribution in [-0.4, -0.2) is 25.5 Å². The topological polar surface area (TPSA) is 54.3 Å². The van der Waals surface area contributed by atoms with E-state index < -0.39 is 0 Å². The lowest BCUT2D eigenvalue weighted by atomic mass is 10.2. The summed E-state index contributed by atoms with van der Waals surface area (Å²) in [6.45, 7) is 4.30. The molecule has 1 heterocycles. The van der Waals surface area contributed by atoms with E-state index in [9.17, 15) is 9.18 Å². The Morgan fingerprint density at radius 2 is 1.86 bits per heavy atom. The molecule has 0 aliphatic rings. The van der Waals surface area contributed by atoms with Crippen LogP contribution in [0, 0.1) is 5.82 Å². The predicted octanol–water partition coefficient (Wildman–Crippen LogP) is 2.82. The summed E-state index contributed by atoms with van der Waals surface area (Å²) in [6, 6.07) is 9.27. The fraction of sp³-hybridized carbons (Fsp3) is 0.312. The lowest BCUT2D eigenvalue weighted by Crippen LogP contribution is -2.31. The van der Waals surface area contributed by atoms with E-state index in [4.69, 9.17) is 4.42 Å². The normalized spacial score (nSPS) is 10.6. The summed E-state index contributed by atoms with van der Waals surface area (Å²) >= 11 is 0. The Labute approximate surface area is 123 Å². The van der Waals surface area contributed by atoms with Gasteiger partial charge >= 0.3 is 0 Å². The number of benzene rings is 1. The van der Waals surface area contributed by atoms with E-state index in [1.807, 2.05) is 0 Å². The summed E-state index contributed by atoms with van der Waals surface area (Å²) < 4.78 is 18.4. The van der Waals surface area contributed by atoms with Gasteiger partial charge < -0.3 is 15.1 Å². The molecule has 2 N–H and O–H groups in total. The van der Waals surface area contributed by atoms with Gasteiger partial charge in [-0.2, -0.15) is 0 Å². The third-order valence-corrected chi connectivity index (χ3v) is 2.97. The van der Waals surface area contributed by atoms with E-state index in [-0.39, 0.29) is 17.5 Å². The molecule has 2 aromatic rings. The Balaban J connectivity index is 1.90. The van der Waals surface area contributed by atoms with Crippen LogP contribution in [0.5, 0.6) is 0 Å². The maximum Gasteiger partial charge on any atom is 0.287 e. The van der Waals surface area contributed by atoms with Gasteiger partial charge in [0.2, 0.25) is 0 Å². The first-order valence-electron chi connectivity index (χ1n) is 7.05. The minimum absolute atomic E-state index is 0.248. The molecule has 0 saturated carbocycles. The van der Waals surface area contributed by atoms with Gasteiger partial charge in [-0.05, 0) is 49.4 Å². The first kappa shape index (κ1) is 15.3. The minimum Gasteiger partial charge on any atom is -0.451 e. The number of amides is 1. The molecule has 0 bridgehead atoms. The number of furan rings is 1. The highest BCUT2D eigenvalue weighted by Gasteiger charge is 2.11. The van der Waals surface area contributed by atoms with Crippen molar-refractivity contribution in [2.24, 2.45) is 0 Å². The van der Waals surface area contributed by atoms with Crippen LogP contribution in [0.1, 0.15) is 23.9 Å². The smallest absolute Gasteiger partial charge is 0.287 e. The first-order chi connectivity index (χ1) is 10.2. The number of carbonyl (C=O) groups excluding carboxylic acids is 1. The molecule has 2 rings (SSSR count). The molecular formula is C16H19FN2O2. The Morgan fingerprint density at radius 3 is 2.57 bits per heavy atom. The van der Waals surface area contributed by atoms with Crippen molar-refractivity contribution >= 4 is 5.91 Å². The molecule has 4 nitrogen and oxygen atoms in total. The third-order valence-electron chi connectivity index (χ3n) is 2.97. The fourth-order valence-corrected chi connectivity index (χ4v) is 1.88. The van der Waals surface area contributed by atoms with Crippen LogP contribution in [0.15, 0.2) is 40.8 Å². The zero-order chi connectivity index (χ0) is 15.1. The van der Waals surface area contributed by atoms with E-state index in [0.29, 0.717) is 12.3 Å². The van der Waals surface area contributed by atoms with Crippen LogP contribution in [-0.2, 0) is 0 Å². The van der Waals surface area contributed by atoms with Crippen molar-refractivity contribution < 1.29 is 13.6 Å². The number of nitrogens with one attached hydrogen (secondary N) is 2. The highest BCUT2D eigenvalue weighted by molar-refractivity contribution is 5.92. The van der Waals surface area contributed by atoms with Gasteiger partial charge in [0.15, 0.2) is 5.76 Å². The summed E-state index contributed by atoms with van der Waals surface area (Å²) in [5.74, 6) is 0.249. The molecule has 0 radical (unpaired) electrons. The van der Waals surface area contributed by atoms with Gasteiger partial charge in [-0.3, -0.25) is 4.79 Å². The van der Waals surface area contributed by atoms with Crippen molar-refractivity contribution in [1.29, 1.82) is 0 Å². The molecular weight excluding hydrogens is 271 g/mol. The second-order valence-corrected chi connectivity index (χ2v) is 4.68. The lowest BCUT2D eigenvalue weighted by molar-refractivity contribution is 0.0927. The fourth-order valence-electron chi connectivity index (χ4n) is 1.88. The molecule has 0 aliphatic carbocycles. The molecule has 21 heavy (non-hydrogen) atoms. The summed E-state index contributed by atoms with van der Waals surface area (Å²) in [5, 5.41) is 5.97. The van der Waals surface area contributed by atoms with Crippen LogP contribution in [0.3, 0.4) is 0 Å². The molecule has 5 heteroatoms. The second kappa shape index (κ2) is 7.59. The Kier molecular flexibility index (Phi) is 5.51. The third kappa shape index (κ3) is 4.43. The molecule has 0 spiro atoms. The van der Waals surface area contributed by atoms with Crippen LogP contribution in [0.25, 0.3) is 11.3 Å². The van der Waals surface area contributed by atoms with Gasteiger partial charge in [-0.15, -0.1) is 0 Å². The zero-order valence-corrected chi connectivity index (χ0v) is 12.0. The van der Waals surface area contributed by atoms with Gasteiger partial charge in [0, 0.05) is 18.7 Å². The first-order valence-corrected chi connectivity index (χ1v) is 7.05. The number of hydrogen-bond donors (Lipinski definition) is 2. The van der Waals surface area contributed by atoms with Gasteiger partial charge in [-0.1, -0.05) is 6.92 Å². The van der Waals surface area contributed by atoms with Crippen molar-refractivity contribution in [1.82, 2.24) is 10.6 Å². The molecule has 0 aliphatic heterocycles. The van der Waals surface area contributed by atoms with E-state index in [1.54, 1.807) is 24.3 Å². The van der Waals surface area contributed by atoms with Crippen LogP contribution in [0.4, 0.5) is 4.39 Å². The summed E-state index contributed by atoms with van der Waals surface area (Å²) in [6.07, 6.45) is 1.06. The quantitative estimate of drug-likeness (QED) is 0.771. The molecule has 0 atom stereocenters. The highest BCUT2D eigenvalue weighted by Crippen LogP contribution is 2.22. The minimum atomic E-state index is -0.303. The SMILES string of the molecule is CCCNCCNC(=O)c1ccc(-c2ccc(F)cc2)o1. The number of carbonyl (C=O) groups is 1. The van der Waals surface area contributed by atoms with Gasteiger partial charge in [0.05, 0.1) is 0 Å².